The molecule has 4 heteroatoms. The summed E-state index contributed by atoms with van der Waals surface area (Å²) in [6.45, 7) is 17.6. The fraction of sp³-hybridized carbons (Fsp3) is 0.250. The minimum atomic E-state index is -0.194. The average Bonchev–Trinajstić information content (AvgIpc) is 2.97. The van der Waals surface area contributed by atoms with Crippen molar-refractivity contribution in [3.63, 3.8) is 0 Å². The number of anilines is 2. The van der Waals surface area contributed by atoms with Gasteiger partial charge in [-0.2, -0.15) is 0 Å². The molecule has 0 saturated carbocycles. The summed E-state index contributed by atoms with van der Waals surface area (Å²) in [5.74, 6) is 3.25. The van der Waals surface area contributed by atoms with Gasteiger partial charge < -0.3 is 20.9 Å². The van der Waals surface area contributed by atoms with Crippen LogP contribution in [-0.4, -0.2) is 0 Å². The monoisotopic (exact) mass is 584 g/mol. The Morgan fingerprint density at radius 2 is 0.750 bits per heavy atom. The molecule has 4 N–H and O–H groups in total. The van der Waals surface area contributed by atoms with Crippen molar-refractivity contribution in [2.75, 3.05) is 11.5 Å². The first kappa shape index (κ1) is 30.7. The quantitative estimate of drug-likeness (QED) is 0.178. The zero-order valence-electron chi connectivity index (χ0n) is 27.2. The van der Waals surface area contributed by atoms with Crippen LogP contribution in [0.5, 0.6) is 23.0 Å². The molecule has 5 rings (SSSR count). The lowest BCUT2D eigenvalue weighted by atomic mass is 9.74. The Hall–Kier alpha value is -4.70. The van der Waals surface area contributed by atoms with E-state index in [9.17, 15) is 0 Å². The number of hydrogen-bond acceptors (Lipinski definition) is 4. The van der Waals surface area contributed by atoms with Crippen LogP contribution in [0.4, 0.5) is 11.4 Å². The van der Waals surface area contributed by atoms with Crippen molar-refractivity contribution in [2.24, 2.45) is 0 Å². The van der Waals surface area contributed by atoms with E-state index in [-0.39, 0.29) is 10.8 Å². The van der Waals surface area contributed by atoms with E-state index in [1.165, 1.54) is 22.3 Å². The maximum Gasteiger partial charge on any atom is 0.133 e. The van der Waals surface area contributed by atoms with Crippen molar-refractivity contribution < 1.29 is 9.47 Å². The largest absolute Gasteiger partial charge is 0.457 e. The Morgan fingerprint density at radius 1 is 0.432 bits per heavy atom. The van der Waals surface area contributed by atoms with Gasteiger partial charge in [0.25, 0.3) is 0 Å². The molecule has 0 heterocycles. The van der Waals surface area contributed by atoms with Gasteiger partial charge in [-0.3, -0.25) is 0 Å². The summed E-state index contributed by atoms with van der Waals surface area (Å²) in [6, 6.07) is 33.2. The Morgan fingerprint density at radius 3 is 1.05 bits per heavy atom. The van der Waals surface area contributed by atoms with Crippen LogP contribution in [0, 0.1) is 27.7 Å². The third kappa shape index (κ3) is 6.16. The molecule has 0 atom stereocenters. The van der Waals surface area contributed by atoms with Gasteiger partial charge in [0.15, 0.2) is 0 Å². The minimum absolute atomic E-state index is 0.194. The predicted molar refractivity (Wildman–Crippen MR) is 184 cm³/mol. The van der Waals surface area contributed by atoms with Gasteiger partial charge in [0.1, 0.15) is 23.0 Å². The van der Waals surface area contributed by atoms with Crippen LogP contribution >= 0.6 is 0 Å². The zero-order valence-corrected chi connectivity index (χ0v) is 27.2. The second kappa shape index (κ2) is 11.8. The van der Waals surface area contributed by atoms with E-state index in [4.69, 9.17) is 20.9 Å². The number of ether oxygens (including phenoxy) is 2. The molecule has 5 aromatic carbocycles. The normalized spacial score (nSPS) is 11.8. The molecular formula is C40H44N2O2. The summed E-state index contributed by atoms with van der Waals surface area (Å²) in [5.41, 5.74) is 22.3. The molecule has 0 bridgehead atoms. The van der Waals surface area contributed by atoms with E-state index >= 15 is 0 Å². The molecule has 44 heavy (non-hydrogen) atoms. The smallest absolute Gasteiger partial charge is 0.133 e. The highest BCUT2D eigenvalue weighted by Crippen LogP contribution is 2.40. The SMILES string of the molecule is Cc1cc(C(C)(C)c2ccc(C(C)(C)c3cc(C)c(Oc4cccc(N)c4)c(C)c3)cc2)cc(C)c1Oc1cccc(N)c1. The second-order valence-electron chi connectivity index (χ2n) is 13.1. The van der Waals surface area contributed by atoms with Gasteiger partial charge in [0.2, 0.25) is 0 Å². The third-order valence-corrected chi connectivity index (χ3v) is 8.85. The summed E-state index contributed by atoms with van der Waals surface area (Å²) >= 11 is 0. The van der Waals surface area contributed by atoms with Gasteiger partial charge in [0, 0.05) is 34.3 Å². The van der Waals surface area contributed by atoms with Crippen molar-refractivity contribution in [2.45, 2.75) is 66.2 Å². The summed E-state index contributed by atoms with van der Waals surface area (Å²) < 4.78 is 12.5. The number of nitrogen functional groups attached to an aromatic ring is 2. The molecule has 0 aromatic heterocycles. The maximum atomic E-state index is 6.25. The third-order valence-electron chi connectivity index (χ3n) is 8.85. The Kier molecular flexibility index (Phi) is 8.22. The van der Waals surface area contributed by atoms with Crippen LogP contribution in [0.25, 0.3) is 0 Å². The summed E-state index contributed by atoms with van der Waals surface area (Å²) in [7, 11) is 0. The van der Waals surface area contributed by atoms with E-state index in [1.54, 1.807) is 0 Å². The lowest BCUT2D eigenvalue weighted by molar-refractivity contribution is 0.474. The van der Waals surface area contributed by atoms with E-state index in [1.807, 2.05) is 48.5 Å². The van der Waals surface area contributed by atoms with Crippen molar-refractivity contribution >= 4 is 11.4 Å². The Labute approximate surface area is 262 Å². The first-order valence-corrected chi connectivity index (χ1v) is 15.2. The van der Waals surface area contributed by atoms with Gasteiger partial charge in [-0.15, -0.1) is 0 Å². The van der Waals surface area contributed by atoms with Crippen molar-refractivity contribution in [3.05, 3.63) is 142 Å². The highest BCUT2D eigenvalue weighted by Gasteiger charge is 2.28. The summed E-state index contributed by atoms with van der Waals surface area (Å²) in [4.78, 5) is 0. The molecule has 0 saturated heterocycles. The number of aryl methyl sites for hydroxylation is 4. The number of nitrogens with two attached hydrogens (primary N) is 2. The van der Waals surface area contributed by atoms with E-state index in [2.05, 4.69) is 104 Å². The van der Waals surface area contributed by atoms with Crippen LogP contribution in [-0.2, 0) is 10.8 Å². The van der Waals surface area contributed by atoms with Gasteiger partial charge in [-0.1, -0.05) is 88.4 Å². The van der Waals surface area contributed by atoms with Crippen molar-refractivity contribution in [3.8, 4) is 23.0 Å². The highest BCUT2D eigenvalue weighted by atomic mass is 16.5. The molecule has 0 amide bonds. The Bertz CT molecular complexity index is 1640. The first-order chi connectivity index (χ1) is 20.8. The van der Waals surface area contributed by atoms with Crippen molar-refractivity contribution in [1.29, 1.82) is 0 Å². The fourth-order valence-corrected chi connectivity index (χ4v) is 5.97. The summed E-state index contributed by atoms with van der Waals surface area (Å²) in [5, 5.41) is 0. The molecule has 0 radical (unpaired) electrons. The zero-order chi connectivity index (χ0) is 31.8. The summed E-state index contributed by atoms with van der Waals surface area (Å²) in [6.07, 6.45) is 0. The average molecular weight is 585 g/mol. The number of hydrogen-bond donors (Lipinski definition) is 2. The van der Waals surface area contributed by atoms with Crippen LogP contribution < -0.4 is 20.9 Å². The standard InChI is InChI=1S/C40H44N2O2/c1-25-19-31(20-26(2)37(25)43-35-13-9-11-33(41)23-35)39(5,6)29-15-17-30(18-16-29)40(7,8)32-21-27(3)38(28(4)22-32)44-36-14-10-12-34(42)24-36/h9-24H,41-42H2,1-8H3. The molecule has 0 spiro atoms. The van der Waals surface area contributed by atoms with E-state index < -0.39 is 0 Å². The molecule has 4 nitrogen and oxygen atoms in total. The van der Waals surface area contributed by atoms with Crippen LogP contribution in [0.2, 0.25) is 0 Å². The van der Waals surface area contributed by atoms with Crippen LogP contribution in [0.3, 0.4) is 0 Å². The van der Waals surface area contributed by atoms with Gasteiger partial charge in [0.05, 0.1) is 0 Å². The number of benzene rings is 5. The lowest BCUT2D eigenvalue weighted by Crippen LogP contribution is -2.22. The topological polar surface area (TPSA) is 70.5 Å². The fourth-order valence-electron chi connectivity index (χ4n) is 5.97. The lowest BCUT2D eigenvalue weighted by Gasteiger charge is -2.31. The molecule has 0 fully saturated rings. The maximum absolute atomic E-state index is 6.25. The van der Waals surface area contributed by atoms with Crippen LogP contribution in [0.15, 0.2) is 97.1 Å². The molecule has 5 aromatic rings. The molecule has 0 unspecified atom stereocenters. The van der Waals surface area contributed by atoms with Gasteiger partial charge >= 0.3 is 0 Å². The number of rotatable bonds is 8. The van der Waals surface area contributed by atoms with E-state index in [0.29, 0.717) is 11.4 Å². The highest BCUT2D eigenvalue weighted by molar-refractivity contribution is 5.54. The van der Waals surface area contributed by atoms with Gasteiger partial charge in [-0.05, 0) is 96.5 Å². The molecule has 226 valence electrons. The van der Waals surface area contributed by atoms with Crippen molar-refractivity contribution in [1.82, 2.24) is 0 Å². The van der Waals surface area contributed by atoms with Crippen LogP contribution in [0.1, 0.15) is 72.2 Å². The molecule has 0 aliphatic carbocycles. The Balaban J connectivity index is 1.39. The molecular weight excluding hydrogens is 540 g/mol. The predicted octanol–water partition coefficient (Wildman–Crippen LogP) is 10.3. The van der Waals surface area contributed by atoms with E-state index in [0.717, 1.165) is 45.3 Å². The first-order valence-electron chi connectivity index (χ1n) is 15.2. The molecule has 0 aliphatic heterocycles. The van der Waals surface area contributed by atoms with Gasteiger partial charge in [-0.25, -0.2) is 0 Å². The minimum Gasteiger partial charge on any atom is -0.457 e. The molecule has 0 aliphatic rings. The second-order valence-corrected chi connectivity index (χ2v) is 13.1.